The van der Waals surface area contributed by atoms with Gasteiger partial charge in [0, 0.05) is 11.6 Å². The Morgan fingerprint density at radius 3 is 2.83 bits per heavy atom. The summed E-state index contributed by atoms with van der Waals surface area (Å²) in [6.07, 6.45) is 3.93. The molecular formula is C15H17NO2. The number of carboxylic acids is 1. The molecule has 0 saturated carbocycles. The lowest BCUT2D eigenvalue weighted by molar-refractivity contribution is -0.141. The molecule has 1 aromatic carbocycles. The Morgan fingerprint density at radius 2 is 2.11 bits per heavy atom. The second-order valence-electron chi connectivity index (χ2n) is 4.52. The molecule has 94 valence electrons. The van der Waals surface area contributed by atoms with Crippen LogP contribution in [0.15, 0.2) is 36.5 Å². The highest BCUT2D eigenvalue weighted by molar-refractivity contribution is 5.82. The van der Waals surface area contributed by atoms with Gasteiger partial charge in [-0.3, -0.25) is 9.78 Å². The molecule has 1 aromatic heterocycles. The third kappa shape index (κ3) is 2.67. The SMILES string of the molecule is CCCC(Cc1ccnc2ccccc12)C(=O)O. The Balaban J connectivity index is 2.33. The van der Waals surface area contributed by atoms with Crippen molar-refractivity contribution in [3.05, 3.63) is 42.1 Å². The van der Waals surface area contributed by atoms with Crippen molar-refractivity contribution in [2.45, 2.75) is 26.2 Å². The Morgan fingerprint density at radius 1 is 1.33 bits per heavy atom. The molecule has 3 nitrogen and oxygen atoms in total. The molecule has 3 heteroatoms. The van der Waals surface area contributed by atoms with Crippen LogP contribution in [0, 0.1) is 5.92 Å². The van der Waals surface area contributed by atoms with E-state index >= 15 is 0 Å². The number of rotatable bonds is 5. The monoisotopic (exact) mass is 243 g/mol. The molecule has 1 atom stereocenters. The summed E-state index contributed by atoms with van der Waals surface area (Å²) >= 11 is 0. The Kier molecular flexibility index (Phi) is 3.92. The Bertz CT molecular complexity index is 546. The summed E-state index contributed by atoms with van der Waals surface area (Å²) in [6.45, 7) is 2.01. The molecule has 0 amide bonds. The summed E-state index contributed by atoms with van der Waals surface area (Å²) in [5, 5.41) is 10.3. The number of nitrogens with zero attached hydrogens (tertiary/aromatic N) is 1. The van der Waals surface area contributed by atoms with Crippen molar-refractivity contribution in [1.82, 2.24) is 4.98 Å². The first kappa shape index (κ1) is 12.6. The third-order valence-corrected chi connectivity index (χ3v) is 3.19. The number of para-hydroxylation sites is 1. The van der Waals surface area contributed by atoms with Gasteiger partial charge in [0.15, 0.2) is 0 Å². The van der Waals surface area contributed by atoms with E-state index in [0.717, 1.165) is 22.9 Å². The van der Waals surface area contributed by atoms with Crippen molar-refractivity contribution in [3.63, 3.8) is 0 Å². The lowest BCUT2D eigenvalue weighted by atomic mass is 9.93. The van der Waals surface area contributed by atoms with Crippen LogP contribution in [0.5, 0.6) is 0 Å². The fourth-order valence-electron chi connectivity index (χ4n) is 2.26. The molecule has 0 saturated heterocycles. The minimum Gasteiger partial charge on any atom is -0.481 e. The zero-order valence-electron chi connectivity index (χ0n) is 10.5. The average Bonchev–Trinajstić information content (AvgIpc) is 2.38. The fraction of sp³-hybridized carbons (Fsp3) is 0.333. The number of hydrogen-bond donors (Lipinski definition) is 1. The highest BCUT2D eigenvalue weighted by Crippen LogP contribution is 2.21. The molecule has 0 aliphatic carbocycles. The molecule has 1 N–H and O–H groups in total. The first-order chi connectivity index (χ1) is 8.72. The molecule has 18 heavy (non-hydrogen) atoms. The van der Waals surface area contributed by atoms with Gasteiger partial charge in [0.05, 0.1) is 11.4 Å². The molecule has 0 bridgehead atoms. The van der Waals surface area contributed by atoms with Gasteiger partial charge in [0.25, 0.3) is 0 Å². The Labute approximate surface area is 106 Å². The normalized spacial score (nSPS) is 12.5. The number of aliphatic carboxylic acids is 1. The lowest BCUT2D eigenvalue weighted by Gasteiger charge is -2.12. The van der Waals surface area contributed by atoms with E-state index in [1.54, 1.807) is 6.20 Å². The van der Waals surface area contributed by atoms with E-state index < -0.39 is 5.97 Å². The summed E-state index contributed by atoms with van der Waals surface area (Å²) in [5.74, 6) is -1.02. The van der Waals surface area contributed by atoms with E-state index in [4.69, 9.17) is 0 Å². The van der Waals surface area contributed by atoms with Gasteiger partial charge in [-0.2, -0.15) is 0 Å². The van der Waals surface area contributed by atoms with Gasteiger partial charge in [0.2, 0.25) is 0 Å². The largest absolute Gasteiger partial charge is 0.481 e. The van der Waals surface area contributed by atoms with Crippen molar-refractivity contribution in [2.24, 2.45) is 5.92 Å². The third-order valence-electron chi connectivity index (χ3n) is 3.19. The maximum absolute atomic E-state index is 11.2. The highest BCUT2D eigenvalue weighted by Gasteiger charge is 2.17. The minimum absolute atomic E-state index is 0.305. The summed E-state index contributed by atoms with van der Waals surface area (Å²) in [4.78, 5) is 15.5. The number of benzene rings is 1. The van der Waals surface area contributed by atoms with E-state index in [1.165, 1.54) is 0 Å². The molecule has 0 aliphatic rings. The number of pyridine rings is 1. The molecular weight excluding hydrogens is 226 g/mol. The summed E-state index contributed by atoms with van der Waals surface area (Å²) in [5.41, 5.74) is 2.00. The van der Waals surface area contributed by atoms with Crippen LogP contribution < -0.4 is 0 Å². The molecule has 0 spiro atoms. The molecule has 2 rings (SSSR count). The van der Waals surface area contributed by atoms with Gasteiger partial charge < -0.3 is 5.11 Å². The van der Waals surface area contributed by atoms with Crippen LogP contribution in [0.4, 0.5) is 0 Å². The molecule has 0 fully saturated rings. The lowest BCUT2D eigenvalue weighted by Crippen LogP contribution is -2.16. The van der Waals surface area contributed by atoms with Gasteiger partial charge in [-0.25, -0.2) is 0 Å². The fourth-order valence-corrected chi connectivity index (χ4v) is 2.26. The van der Waals surface area contributed by atoms with Gasteiger partial charge in [-0.1, -0.05) is 31.5 Å². The average molecular weight is 243 g/mol. The van der Waals surface area contributed by atoms with Crippen LogP contribution in [0.2, 0.25) is 0 Å². The predicted octanol–water partition coefficient (Wildman–Crippen LogP) is 3.28. The van der Waals surface area contributed by atoms with E-state index in [0.29, 0.717) is 12.8 Å². The number of fused-ring (bicyclic) bond motifs is 1. The van der Waals surface area contributed by atoms with E-state index in [9.17, 15) is 9.90 Å². The molecule has 1 unspecified atom stereocenters. The Hall–Kier alpha value is -1.90. The van der Waals surface area contributed by atoms with E-state index in [2.05, 4.69) is 4.98 Å². The van der Waals surface area contributed by atoms with Crippen LogP contribution in [0.1, 0.15) is 25.3 Å². The van der Waals surface area contributed by atoms with Gasteiger partial charge in [0.1, 0.15) is 0 Å². The van der Waals surface area contributed by atoms with Crippen molar-refractivity contribution >= 4 is 16.9 Å². The number of carboxylic acid groups (broad SMARTS) is 1. The zero-order chi connectivity index (χ0) is 13.0. The van der Waals surface area contributed by atoms with Crippen molar-refractivity contribution in [1.29, 1.82) is 0 Å². The van der Waals surface area contributed by atoms with Crippen LogP contribution in [0.3, 0.4) is 0 Å². The quantitative estimate of drug-likeness (QED) is 0.876. The predicted molar refractivity (Wildman–Crippen MR) is 71.5 cm³/mol. The summed E-state index contributed by atoms with van der Waals surface area (Å²) in [7, 11) is 0. The van der Waals surface area contributed by atoms with Crippen molar-refractivity contribution in [3.8, 4) is 0 Å². The van der Waals surface area contributed by atoms with E-state index in [1.807, 2.05) is 37.3 Å². The first-order valence-electron chi connectivity index (χ1n) is 6.27. The summed E-state index contributed by atoms with van der Waals surface area (Å²) < 4.78 is 0. The van der Waals surface area contributed by atoms with Crippen LogP contribution in [-0.4, -0.2) is 16.1 Å². The molecule has 2 aromatic rings. The first-order valence-corrected chi connectivity index (χ1v) is 6.27. The number of aromatic nitrogens is 1. The van der Waals surface area contributed by atoms with Crippen LogP contribution in [0.25, 0.3) is 10.9 Å². The van der Waals surface area contributed by atoms with Crippen LogP contribution >= 0.6 is 0 Å². The van der Waals surface area contributed by atoms with Crippen LogP contribution in [-0.2, 0) is 11.2 Å². The van der Waals surface area contributed by atoms with Gasteiger partial charge >= 0.3 is 5.97 Å². The molecule has 0 aliphatic heterocycles. The van der Waals surface area contributed by atoms with Gasteiger partial charge in [-0.15, -0.1) is 0 Å². The summed E-state index contributed by atoms with van der Waals surface area (Å²) in [6, 6.07) is 9.79. The maximum Gasteiger partial charge on any atom is 0.306 e. The molecule has 1 heterocycles. The highest BCUT2D eigenvalue weighted by atomic mass is 16.4. The van der Waals surface area contributed by atoms with Gasteiger partial charge in [-0.05, 0) is 30.5 Å². The molecule has 0 radical (unpaired) electrons. The van der Waals surface area contributed by atoms with Crippen molar-refractivity contribution in [2.75, 3.05) is 0 Å². The topological polar surface area (TPSA) is 50.2 Å². The zero-order valence-corrected chi connectivity index (χ0v) is 10.5. The van der Waals surface area contributed by atoms with Crippen molar-refractivity contribution < 1.29 is 9.90 Å². The maximum atomic E-state index is 11.2. The number of carbonyl (C=O) groups is 1. The minimum atomic E-state index is -0.710. The second kappa shape index (κ2) is 5.63. The van der Waals surface area contributed by atoms with E-state index in [-0.39, 0.29) is 5.92 Å². The smallest absolute Gasteiger partial charge is 0.306 e. The standard InChI is InChI=1S/C15H17NO2/c1-2-5-12(15(17)18)10-11-8-9-16-14-7-4-3-6-13(11)14/h3-4,6-9,12H,2,5,10H2,1H3,(H,17,18). The second-order valence-corrected chi connectivity index (χ2v) is 4.52. The number of hydrogen-bond acceptors (Lipinski definition) is 2.